The molecule has 2 heterocycles. The van der Waals surface area contributed by atoms with E-state index < -0.39 is 5.97 Å². The second-order valence-electron chi connectivity index (χ2n) is 3.61. The number of fused-ring (bicyclic) bond motifs is 1. The molecular formula is C10H11N3O2. The van der Waals surface area contributed by atoms with E-state index in [4.69, 9.17) is 5.11 Å². The smallest absolute Gasteiger partial charge is 0.354 e. The number of carboxylic acid groups (broad SMARTS) is 1. The Labute approximate surface area is 86.4 Å². The van der Waals surface area contributed by atoms with Crippen LogP contribution in [-0.2, 0) is 0 Å². The quantitative estimate of drug-likeness (QED) is 0.807. The molecule has 78 valence electrons. The van der Waals surface area contributed by atoms with Crippen LogP contribution in [0, 0.1) is 0 Å². The van der Waals surface area contributed by atoms with Gasteiger partial charge in [-0.15, -0.1) is 0 Å². The molecule has 0 aliphatic rings. The van der Waals surface area contributed by atoms with E-state index in [0.717, 1.165) is 0 Å². The first-order valence-electron chi connectivity index (χ1n) is 4.68. The number of carbonyl (C=O) groups is 1. The van der Waals surface area contributed by atoms with Gasteiger partial charge in [-0.2, -0.15) is 5.10 Å². The van der Waals surface area contributed by atoms with Crippen LogP contribution in [-0.4, -0.2) is 25.7 Å². The van der Waals surface area contributed by atoms with Crippen molar-refractivity contribution in [1.29, 1.82) is 0 Å². The minimum Gasteiger partial charge on any atom is -0.477 e. The van der Waals surface area contributed by atoms with Crippen molar-refractivity contribution >= 4 is 11.6 Å². The molecule has 0 saturated carbocycles. The fourth-order valence-electron chi connectivity index (χ4n) is 1.33. The van der Waals surface area contributed by atoms with Gasteiger partial charge in [-0.1, -0.05) is 19.9 Å². The highest BCUT2D eigenvalue weighted by molar-refractivity contribution is 5.86. The van der Waals surface area contributed by atoms with Gasteiger partial charge in [0.05, 0.1) is 0 Å². The van der Waals surface area contributed by atoms with Crippen LogP contribution in [0.4, 0.5) is 0 Å². The van der Waals surface area contributed by atoms with Crippen molar-refractivity contribution in [1.82, 2.24) is 14.6 Å². The Kier molecular flexibility index (Phi) is 2.15. The highest BCUT2D eigenvalue weighted by atomic mass is 16.4. The Morgan fingerprint density at radius 1 is 1.47 bits per heavy atom. The summed E-state index contributed by atoms with van der Waals surface area (Å²) in [6.07, 6.45) is 0. The van der Waals surface area contributed by atoms with Crippen LogP contribution in [0.3, 0.4) is 0 Å². The monoisotopic (exact) mass is 205 g/mol. The van der Waals surface area contributed by atoms with Gasteiger partial charge in [0, 0.05) is 5.92 Å². The Bertz CT molecular complexity index is 516. The molecule has 0 fully saturated rings. The third-order valence-electron chi connectivity index (χ3n) is 2.11. The lowest BCUT2D eigenvalue weighted by molar-refractivity contribution is 0.0687. The zero-order chi connectivity index (χ0) is 11.0. The van der Waals surface area contributed by atoms with Crippen molar-refractivity contribution in [2.45, 2.75) is 19.8 Å². The summed E-state index contributed by atoms with van der Waals surface area (Å²) in [5.74, 6) is -0.156. The number of hydrogen-bond donors (Lipinski definition) is 1. The van der Waals surface area contributed by atoms with E-state index in [2.05, 4.69) is 10.1 Å². The molecule has 5 nitrogen and oxygen atoms in total. The summed E-state index contributed by atoms with van der Waals surface area (Å²) in [5, 5.41) is 13.1. The average molecular weight is 205 g/mol. The number of hydrogen-bond acceptors (Lipinski definition) is 3. The van der Waals surface area contributed by atoms with Gasteiger partial charge in [-0.3, -0.25) is 0 Å². The molecule has 0 amide bonds. The molecule has 0 saturated heterocycles. The van der Waals surface area contributed by atoms with Gasteiger partial charge in [-0.05, 0) is 12.1 Å². The van der Waals surface area contributed by atoms with Crippen molar-refractivity contribution in [3.8, 4) is 0 Å². The fourth-order valence-corrected chi connectivity index (χ4v) is 1.33. The molecule has 0 spiro atoms. The molecule has 0 aliphatic carbocycles. The van der Waals surface area contributed by atoms with Gasteiger partial charge >= 0.3 is 5.97 Å². The van der Waals surface area contributed by atoms with E-state index in [9.17, 15) is 4.79 Å². The molecule has 0 atom stereocenters. The molecule has 0 aliphatic heterocycles. The maximum atomic E-state index is 10.9. The summed E-state index contributed by atoms with van der Waals surface area (Å²) >= 11 is 0. The molecule has 15 heavy (non-hydrogen) atoms. The molecule has 5 heteroatoms. The number of aromatic carboxylic acids is 1. The van der Waals surface area contributed by atoms with Crippen LogP contribution in [0.1, 0.15) is 36.1 Å². The Morgan fingerprint density at radius 2 is 2.20 bits per heavy atom. The summed E-state index contributed by atoms with van der Waals surface area (Å²) in [6.45, 7) is 3.93. The molecular weight excluding hydrogens is 194 g/mol. The van der Waals surface area contributed by atoms with E-state index in [1.165, 1.54) is 10.6 Å². The van der Waals surface area contributed by atoms with Crippen molar-refractivity contribution < 1.29 is 9.90 Å². The van der Waals surface area contributed by atoms with E-state index >= 15 is 0 Å². The number of pyridine rings is 1. The highest BCUT2D eigenvalue weighted by Gasteiger charge is 2.13. The summed E-state index contributed by atoms with van der Waals surface area (Å²) in [4.78, 5) is 15.1. The Morgan fingerprint density at radius 3 is 2.80 bits per heavy atom. The van der Waals surface area contributed by atoms with Gasteiger partial charge < -0.3 is 5.11 Å². The predicted octanol–water partition coefficient (Wildman–Crippen LogP) is 1.55. The first kappa shape index (κ1) is 9.64. The van der Waals surface area contributed by atoms with Gasteiger partial charge in [0.25, 0.3) is 0 Å². The molecule has 0 aromatic carbocycles. The van der Waals surface area contributed by atoms with Crippen LogP contribution >= 0.6 is 0 Å². The Balaban J connectivity index is 2.70. The van der Waals surface area contributed by atoms with Crippen LogP contribution in [0.5, 0.6) is 0 Å². The van der Waals surface area contributed by atoms with Gasteiger partial charge in [0.15, 0.2) is 17.2 Å². The van der Waals surface area contributed by atoms with E-state index in [-0.39, 0.29) is 11.6 Å². The zero-order valence-electron chi connectivity index (χ0n) is 8.51. The fraction of sp³-hybridized carbons (Fsp3) is 0.300. The minimum absolute atomic E-state index is 0.131. The van der Waals surface area contributed by atoms with Crippen LogP contribution < -0.4 is 0 Å². The summed E-state index contributed by atoms with van der Waals surface area (Å²) in [6, 6.07) is 4.91. The lowest BCUT2D eigenvalue weighted by atomic mass is 10.2. The van der Waals surface area contributed by atoms with Crippen molar-refractivity contribution in [3.05, 3.63) is 29.7 Å². The average Bonchev–Trinajstić information content (AvgIpc) is 2.60. The summed E-state index contributed by atoms with van der Waals surface area (Å²) in [5.41, 5.74) is 0.700. The maximum Gasteiger partial charge on any atom is 0.354 e. The van der Waals surface area contributed by atoms with Crippen molar-refractivity contribution in [2.75, 3.05) is 0 Å². The minimum atomic E-state index is -0.999. The van der Waals surface area contributed by atoms with Gasteiger partial charge in [0.1, 0.15) is 0 Å². The standard InChI is InChI=1S/C10H11N3O2/c1-6(2)9-11-8-5-3-4-7(10(14)15)13(8)12-9/h3-6H,1-2H3,(H,14,15). The maximum absolute atomic E-state index is 10.9. The molecule has 2 rings (SSSR count). The summed E-state index contributed by atoms with van der Waals surface area (Å²) in [7, 11) is 0. The number of aromatic nitrogens is 3. The molecule has 0 unspecified atom stereocenters. The van der Waals surface area contributed by atoms with Gasteiger partial charge in [-0.25, -0.2) is 14.3 Å². The van der Waals surface area contributed by atoms with E-state index in [0.29, 0.717) is 11.5 Å². The molecule has 2 aromatic heterocycles. The van der Waals surface area contributed by atoms with E-state index in [1.807, 2.05) is 13.8 Å². The zero-order valence-corrected chi connectivity index (χ0v) is 8.51. The number of carboxylic acids is 1. The third kappa shape index (κ3) is 1.56. The lowest BCUT2D eigenvalue weighted by Gasteiger charge is -1.96. The van der Waals surface area contributed by atoms with Crippen LogP contribution in [0.2, 0.25) is 0 Å². The second-order valence-corrected chi connectivity index (χ2v) is 3.61. The van der Waals surface area contributed by atoms with Crippen LogP contribution in [0.25, 0.3) is 5.65 Å². The SMILES string of the molecule is CC(C)c1nc2cccc(C(=O)O)n2n1. The third-order valence-corrected chi connectivity index (χ3v) is 2.11. The molecule has 0 radical (unpaired) electrons. The first-order valence-corrected chi connectivity index (χ1v) is 4.68. The largest absolute Gasteiger partial charge is 0.477 e. The summed E-state index contributed by atoms with van der Waals surface area (Å²) < 4.78 is 1.36. The normalized spacial score (nSPS) is 11.1. The van der Waals surface area contributed by atoms with Crippen molar-refractivity contribution in [3.63, 3.8) is 0 Å². The predicted molar refractivity (Wildman–Crippen MR) is 54.0 cm³/mol. The van der Waals surface area contributed by atoms with Crippen LogP contribution in [0.15, 0.2) is 18.2 Å². The second kappa shape index (κ2) is 3.34. The highest BCUT2D eigenvalue weighted by Crippen LogP contribution is 2.12. The van der Waals surface area contributed by atoms with Crippen molar-refractivity contribution in [2.24, 2.45) is 0 Å². The number of nitrogens with zero attached hydrogens (tertiary/aromatic N) is 3. The van der Waals surface area contributed by atoms with E-state index in [1.54, 1.807) is 12.1 Å². The first-order chi connectivity index (χ1) is 7.09. The lowest BCUT2D eigenvalue weighted by Crippen LogP contribution is -2.06. The molecule has 1 N–H and O–H groups in total. The topological polar surface area (TPSA) is 67.5 Å². The molecule has 0 bridgehead atoms. The van der Waals surface area contributed by atoms with Gasteiger partial charge in [0.2, 0.25) is 0 Å². The molecule has 2 aromatic rings. The Hall–Kier alpha value is -1.91. The number of rotatable bonds is 2.